The van der Waals surface area contributed by atoms with Gasteiger partial charge in [-0.1, -0.05) is 30.4 Å². The van der Waals surface area contributed by atoms with Gasteiger partial charge in [0, 0.05) is 49.7 Å². The normalized spacial score (nSPS) is 15.1. The summed E-state index contributed by atoms with van der Waals surface area (Å²) < 4.78 is 55.7. The van der Waals surface area contributed by atoms with Crippen molar-refractivity contribution in [3.05, 3.63) is 69.5 Å². The Kier molecular flexibility index (Phi) is 11.0. The van der Waals surface area contributed by atoms with Gasteiger partial charge >= 0.3 is 17.6 Å². The number of hydrogen-bond acceptors (Lipinski definition) is 14. The van der Waals surface area contributed by atoms with Crippen LogP contribution in [-0.2, 0) is 0 Å². The maximum absolute atomic E-state index is 14.1. The van der Waals surface area contributed by atoms with Gasteiger partial charge in [0.15, 0.2) is 17.0 Å². The maximum Gasteiger partial charge on any atom is 0.573 e. The van der Waals surface area contributed by atoms with Crippen molar-refractivity contribution in [3.63, 3.8) is 0 Å². The number of fused-ring (bicyclic) bond motifs is 2. The third-order valence-electron chi connectivity index (χ3n) is 10.2. The number of anilines is 6. The number of halogens is 3. The highest BCUT2D eigenvalue weighted by Gasteiger charge is 2.31. The number of ether oxygens (including phenoxy) is 3. The van der Waals surface area contributed by atoms with E-state index >= 15 is 0 Å². The minimum absolute atomic E-state index is 0.113. The van der Waals surface area contributed by atoms with Gasteiger partial charge in [-0.05, 0) is 49.9 Å². The van der Waals surface area contributed by atoms with E-state index in [0.29, 0.717) is 47.6 Å². The van der Waals surface area contributed by atoms with Crippen LogP contribution in [0.15, 0.2) is 58.4 Å². The first-order valence-electron chi connectivity index (χ1n) is 19.3. The first-order chi connectivity index (χ1) is 28.6. The monoisotopic (exact) mass is 815 g/mol. The molecule has 2 saturated heterocycles. The molecule has 0 bridgehead atoms. The number of nitrogens with zero attached hydrogens (tertiary/aromatic N) is 8. The molecule has 2 aliphatic rings. The zero-order valence-electron chi connectivity index (χ0n) is 32.4. The van der Waals surface area contributed by atoms with Gasteiger partial charge in [0.05, 0.1) is 20.4 Å². The Morgan fingerprint density at radius 3 is 1.76 bits per heavy atom. The minimum Gasteiger partial charge on any atom is -0.490 e. The first-order valence-corrected chi connectivity index (χ1v) is 19.3. The lowest BCUT2D eigenvalue weighted by atomic mass is 10.2. The molecule has 0 saturated carbocycles. The van der Waals surface area contributed by atoms with E-state index in [-0.39, 0.29) is 39.4 Å². The summed E-state index contributed by atoms with van der Waals surface area (Å²) in [7, 11) is 2.95. The summed E-state index contributed by atoms with van der Waals surface area (Å²) in [5.74, 6) is 1.48. The van der Waals surface area contributed by atoms with Gasteiger partial charge in [0.2, 0.25) is 18.1 Å². The Morgan fingerprint density at radius 1 is 0.695 bits per heavy atom. The fraction of sp³-hybridized carbons (Fsp3) is 0.385. The highest BCUT2D eigenvalue weighted by atomic mass is 19.4. The first kappa shape index (κ1) is 39.1. The summed E-state index contributed by atoms with van der Waals surface area (Å²) in [6.07, 6.45) is 6.51. The molecule has 8 rings (SSSR count). The highest BCUT2D eigenvalue weighted by Crippen LogP contribution is 2.36. The quantitative estimate of drug-likeness (QED) is 0.122. The molecule has 59 heavy (non-hydrogen) atoms. The number of nitrogens with one attached hydrogen (secondary N) is 4. The van der Waals surface area contributed by atoms with Crippen LogP contribution in [0, 0.1) is 0 Å². The second kappa shape index (κ2) is 16.6. The maximum atomic E-state index is 14.1. The Morgan fingerprint density at radius 2 is 1.22 bits per heavy atom. The molecule has 4 N–H and O–H groups in total. The second-order valence-electron chi connectivity index (χ2n) is 14.3. The smallest absolute Gasteiger partial charge is 0.490 e. The summed E-state index contributed by atoms with van der Waals surface area (Å²) >= 11 is 0. The van der Waals surface area contributed by atoms with E-state index in [1.807, 2.05) is 0 Å². The van der Waals surface area contributed by atoms with E-state index in [1.54, 1.807) is 18.3 Å². The third kappa shape index (κ3) is 8.60. The SMILES string of the molecule is COc1cc(Nc2nc(N3CCCCCC3)nc3cn[nH]c(=O)c23)cc(OC)c1-[n+]1cc2nc(N3CCCCCC3)nc(Nc3ccc(OC(F)(F)F)cc3)c2c(=O)[nH]1. The number of aromatic nitrogens is 8. The van der Waals surface area contributed by atoms with Gasteiger partial charge < -0.3 is 34.6 Å². The lowest BCUT2D eigenvalue weighted by Crippen LogP contribution is -2.41. The van der Waals surface area contributed by atoms with Crippen molar-refractivity contribution in [2.75, 3.05) is 60.8 Å². The van der Waals surface area contributed by atoms with Crippen molar-refractivity contribution in [1.29, 1.82) is 0 Å². The zero-order chi connectivity index (χ0) is 41.1. The molecule has 0 spiro atoms. The molecular formula is C39H42F3N12O5+. The topological polar surface area (TPSA) is 192 Å². The number of benzene rings is 2. The number of hydrogen-bond donors (Lipinski definition) is 4. The number of H-pyrrole nitrogens is 2. The molecule has 17 nitrogen and oxygen atoms in total. The van der Waals surface area contributed by atoms with Crippen LogP contribution in [0.5, 0.6) is 17.2 Å². The van der Waals surface area contributed by atoms with Crippen LogP contribution in [0.2, 0.25) is 0 Å². The molecule has 2 aromatic carbocycles. The molecule has 0 atom stereocenters. The molecule has 2 aliphatic heterocycles. The summed E-state index contributed by atoms with van der Waals surface area (Å²) in [6.45, 7) is 2.98. The third-order valence-corrected chi connectivity index (χ3v) is 10.2. The van der Waals surface area contributed by atoms with Crippen molar-refractivity contribution in [3.8, 4) is 22.9 Å². The largest absolute Gasteiger partial charge is 0.573 e. The molecule has 0 amide bonds. The van der Waals surface area contributed by atoms with Gasteiger partial charge in [0.1, 0.15) is 33.7 Å². The van der Waals surface area contributed by atoms with Crippen molar-refractivity contribution in [1.82, 2.24) is 35.2 Å². The van der Waals surface area contributed by atoms with Gasteiger partial charge in [-0.2, -0.15) is 15.1 Å². The van der Waals surface area contributed by atoms with Gasteiger partial charge in [-0.3, -0.25) is 9.59 Å². The number of aromatic amines is 2. The fourth-order valence-corrected chi connectivity index (χ4v) is 7.44. The van der Waals surface area contributed by atoms with Crippen molar-refractivity contribution < 1.29 is 32.1 Å². The second-order valence-corrected chi connectivity index (χ2v) is 14.3. The van der Waals surface area contributed by atoms with Crippen molar-refractivity contribution in [2.24, 2.45) is 0 Å². The molecule has 2 fully saturated rings. The molecule has 6 aromatic rings. The molecule has 4 aromatic heterocycles. The summed E-state index contributed by atoms with van der Waals surface area (Å²) in [6, 6.07) is 8.50. The molecule has 20 heteroatoms. The van der Waals surface area contributed by atoms with Crippen LogP contribution < -0.4 is 50.4 Å². The van der Waals surface area contributed by atoms with E-state index in [9.17, 15) is 22.8 Å². The van der Waals surface area contributed by atoms with Gasteiger partial charge in [0.25, 0.3) is 5.56 Å². The van der Waals surface area contributed by atoms with E-state index in [0.717, 1.165) is 64.5 Å². The van der Waals surface area contributed by atoms with Crippen molar-refractivity contribution in [2.45, 2.75) is 57.7 Å². The Bertz CT molecular complexity index is 2560. The number of methoxy groups -OCH3 is 2. The fourth-order valence-electron chi connectivity index (χ4n) is 7.44. The number of alkyl halides is 3. The summed E-state index contributed by atoms with van der Waals surface area (Å²) in [5.41, 5.74) is 0.796. The number of rotatable bonds is 10. The minimum atomic E-state index is -4.84. The van der Waals surface area contributed by atoms with Crippen molar-refractivity contribution >= 4 is 56.7 Å². The van der Waals surface area contributed by atoms with Crippen LogP contribution in [0.4, 0.5) is 48.1 Å². The lowest BCUT2D eigenvalue weighted by molar-refractivity contribution is -0.660. The van der Waals surface area contributed by atoms with Gasteiger partial charge in [-0.25, -0.2) is 15.1 Å². The highest BCUT2D eigenvalue weighted by molar-refractivity contribution is 5.92. The van der Waals surface area contributed by atoms with Crippen LogP contribution >= 0.6 is 0 Å². The van der Waals surface area contributed by atoms with Crippen LogP contribution in [0.25, 0.3) is 27.5 Å². The average Bonchev–Trinajstić information content (AvgIpc) is 3.67. The standard InChI is InChI=1S/C39H41F3N12O5/c1-57-28-19-24(45-33-30-26(21-43-50-35(30)55)46-37(48-33)52-15-7-3-4-8-16-52)20-29(58-2)32(28)54-22-27-31(36(56)51-54)34(49-38(47-27)53-17-9-5-6-10-18-53)44-23-11-13-25(14-12-23)59-39(40,41)42/h11-14,19-22H,3-10,15-18H2,1-2H3,(H3-,44,45,46,47,48,49,50,51,55,56)/p+1. The van der Waals surface area contributed by atoms with E-state index in [4.69, 9.17) is 24.4 Å². The molecular weight excluding hydrogens is 774 g/mol. The Labute approximate surface area is 334 Å². The summed E-state index contributed by atoms with van der Waals surface area (Å²) in [5, 5.41) is 16.0. The summed E-state index contributed by atoms with van der Waals surface area (Å²) in [4.78, 5) is 50.5. The molecule has 0 radical (unpaired) electrons. The molecule has 0 aliphatic carbocycles. The van der Waals surface area contributed by atoms with E-state index in [1.165, 1.54) is 49.4 Å². The predicted molar refractivity (Wildman–Crippen MR) is 214 cm³/mol. The predicted octanol–water partition coefficient (Wildman–Crippen LogP) is 5.79. The van der Waals surface area contributed by atoms with E-state index in [2.05, 4.69) is 45.5 Å². The lowest BCUT2D eigenvalue weighted by Gasteiger charge is -2.21. The average molecular weight is 816 g/mol. The Balaban J connectivity index is 1.20. The molecule has 6 heterocycles. The Hall–Kier alpha value is -6.73. The van der Waals surface area contributed by atoms with Gasteiger partial charge in [-0.15, -0.1) is 18.3 Å². The van der Waals surface area contributed by atoms with Crippen LogP contribution in [-0.4, -0.2) is 82.0 Å². The van der Waals surface area contributed by atoms with Crippen LogP contribution in [0.1, 0.15) is 51.4 Å². The zero-order valence-corrected chi connectivity index (χ0v) is 32.4. The van der Waals surface area contributed by atoms with E-state index < -0.39 is 23.2 Å². The van der Waals surface area contributed by atoms with Crippen LogP contribution in [0.3, 0.4) is 0 Å². The molecule has 0 unspecified atom stereocenters. The molecule has 308 valence electrons.